The molecular formula is C12H13N3O4. The monoisotopic (exact) mass is 263 g/mol. The molecule has 0 heterocycles. The summed E-state index contributed by atoms with van der Waals surface area (Å²) in [5, 5.41) is 21.8. The fraction of sp³-hybridized carbons (Fsp3) is 0.333. The molecule has 7 heteroatoms. The molecule has 0 aliphatic rings. The summed E-state index contributed by atoms with van der Waals surface area (Å²) in [6.07, 6.45) is 0.867. The highest BCUT2D eigenvalue weighted by Gasteiger charge is 2.21. The van der Waals surface area contributed by atoms with Crippen molar-refractivity contribution in [2.75, 3.05) is 13.7 Å². The van der Waals surface area contributed by atoms with E-state index in [1.807, 2.05) is 6.07 Å². The molecule has 0 fully saturated rings. The van der Waals surface area contributed by atoms with Gasteiger partial charge in [-0.15, -0.1) is 0 Å². The molecule has 7 nitrogen and oxygen atoms in total. The lowest BCUT2D eigenvalue weighted by molar-refractivity contribution is -0.385. The molecule has 0 aliphatic heterocycles. The van der Waals surface area contributed by atoms with Crippen LogP contribution in [0.25, 0.3) is 0 Å². The number of methoxy groups -OCH3 is 1. The second kappa shape index (κ2) is 6.96. The maximum absolute atomic E-state index is 11.9. The molecule has 19 heavy (non-hydrogen) atoms. The van der Waals surface area contributed by atoms with Crippen molar-refractivity contribution in [2.45, 2.75) is 12.8 Å². The van der Waals surface area contributed by atoms with E-state index >= 15 is 0 Å². The first-order valence-electron chi connectivity index (χ1n) is 5.58. The Bertz CT molecular complexity index is 522. The fourth-order valence-corrected chi connectivity index (χ4v) is 1.53. The topological polar surface area (TPSA) is 105 Å². The molecule has 0 saturated heterocycles. The lowest BCUT2D eigenvalue weighted by Crippen LogP contribution is -2.25. The number of ether oxygens (including phenoxy) is 1. The highest BCUT2D eigenvalue weighted by atomic mass is 16.6. The van der Waals surface area contributed by atoms with Crippen molar-refractivity contribution >= 4 is 11.6 Å². The minimum Gasteiger partial charge on any atom is -0.490 e. The number of benzene rings is 1. The van der Waals surface area contributed by atoms with Crippen molar-refractivity contribution in [1.82, 2.24) is 5.32 Å². The summed E-state index contributed by atoms with van der Waals surface area (Å²) >= 11 is 0. The predicted molar refractivity (Wildman–Crippen MR) is 66.8 cm³/mol. The second-order valence-corrected chi connectivity index (χ2v) is 3.63. The minimum atomic E-state index is -0.606. The second-order valence-electron chi connectivity index (χ2n) is 3.63. The summed E-state index contributed by atoms with van der Waals surface area (Å²) < 4.78 is 4.93. The molecule has 1 aromatic rings. The van der Waals surface area contributed by atoms with E-state index in [1.54, 1.807) is 0 Å². The van der Waals surface area contributed by atoms with Crippen LogP contribution in [0.1, 0.15) is 23.2 Å². The number of nitrogens with one attached hydrogen (secondary N) is 1. The van der Waals surface area contributed by atoms with E-state index in [0.717, 1.165) is 0 Å². The fourth-order valence-electron chi connectivity index (χ4n) is 1.53. The number of carbonyl (C=O) groups is 1. The van der Waals surface area contributed by atoms with Crippen LogP contribution in [0, 0.1) is 21.4 Å². The number of carbonyl (C=O) groups excluding carboxylic acids is 1. The maximum Gasteiger partial charge on any atom is 0.311 e. The van der Waals surface area contributed by atoms with Crippen molar-refractivity contribution < 1.29 is 14.5 Å². The smallest absolute Gasteiger partial charge is 0.311 e. The van der Waals surface area contributed by atoms with Crippen molar-refractivity contribution in [1.29, 1.82) is 5.26 Å². The summed E-state index contributed by atoms with van der Waals surface area (Å²) in [5.41, 5.74) is -0.152. The Morgan fingerprint density at radius 2 is 2.32 bits per heavy atom. The third-order valence-corrected chi connectivity index (χ3v) is 2.39. The molecule has 1 amide bonds. The number of nitro benzene ring substituents is 1. The average Bonchev–Trinajstić information content (AvgIpc) is 2.42. The Kier molecular flexibility index (Phi) is 5.29. The highest BCUT2D eigenvalue weighted by Crippen LogP contribution is 2.30. The van der Waals surface area contributed by atoms with Gasteiger partial charge in [-0.3, -0.25) is 14.9 Å². The van der Waals surface area contributed by atoms with Gasteiger partial charge in [-0.05, 0) is 12.5 Å². The predicted octanol–water partition coefficient (Wildman–Crippen LogP) is 1.64. The zero-order valence-electron chi connectivity index (χ0n) is 10.4. The Balaban J connectivity index is 2.88. The third kappa shape index (κ3) is 3.67. The van der Waals surface area contributed by atoms with Crippen molar-refractivity contribution in [2.24, 2.45) is 0 Å². The Hall–Kier alpha value is -2.62. The van der Waals surface area contributed by atoms with Crippen LogP contribution in [0.15, 0.2) is 18.2 Å². The maximum atomic E-state index is 11.9. The summed E-state index contributed by atoms with van der Waals surface area (Å²) in [5.74, 6) is -0.524. The van der Waals surface area contributed by atoms with Crippen LogP contribution in [-0.4, -0.2) is 24.5 Å². The van der Waals surface area contributed by atoms with E-state index in [-0.39, 0.29) is 17.0 Å². The van der Waals surface area contributed by atoms with Crippen LogP contribution in [0.2, 0.25) is 0 Å². The number of hydrogen-bond acceptors (Lipinski definition) is 5. The van der Waals surface area contributed by atoms with Gasteiger partial charge in [0.1, 0.15) is 0 Å². The van der Waals surface area contributed by atoms with Crippen molar-refractivity contribution in [3.8, 4) is 11.8 Å². The average molecular weight is 263 g/mol. The van der Waals surface area contributed by atoms with E-state index in [0.29, 0.717) is 19.4 Å². The van der Waals surface area contributed by atoms with Crippen molar-refractivity contribution in [3.63, 3.8) is 0 Å². The van der Waals surface area contributed by atoms with E-state index in [9.17, 15) is 14.9 Å². The number of rotatable bonds is 6. The van der Waals surface area contributed by atoms with Gasteiger partial charge in [-0.25, -0.2) is 0 Å². The largest absolute Gasteiger partial charge is 0.490 e. The molecule has 0 aliphatic carbocycles. The molecular weight excluding hydrogens is 250 g/mol. The number of hydrogen-bond donors (Lipinski definition) is 1. The van der Waals surface area contributed by atoms with Crippen LogP contribution >= 0.6 is 0 Å². The molecule has 1 aromatic carbocycles. The SMILES string of the molecule is COc1c(C(=O)NCCCC#N)cccc1[N+](=O)[O-]. The molecule has 100 valence electrons. The number of nitro groups is 1. The zero-order chi connectivity index (χ0) is 14.3. The van der Waals surface area contributed by atoms with Crippen LogP contribution in [0.5, 0.6) is 5.75 Å². The molecule has 0 atom stereocenters. The van der Waals surface area contributed by atoms with E-state index in [2.05, 4.69) is 5.32 Å². The van der Waals surface area contributed by atoms with Crippen LogP contribution in [-0.2, 0) is 0 Å². The summed E-state index contributed by atoms with van der Waals surface area (Å²) in [7, 11) is 1.27. The number of nitrogens with zero attached hydrogens (tertiary/aromatic N) is 2. The van der Waals surface area contributed by atoms with Gasteiger partial charge in [0.2, 0.25) is 5.75 Å². The van der Waals surface area contributed by atoms with E-state index in [4.69, 9.17) is 10.00 Å². The standard InChI is InChI=1S/C12H13N3O4/c1-19-11-9(5-4-6-10(11)15(17)18)12(16)14-8-3-2-7-13/h4-6H,2-3,8H2,1H3,(H,14,16). The van der Waals surface area contributed by atoms with Gasteiger partial charge >= 0.3 is 5.69 Å². The van der Waals surface area contributed by atoms with Crippen LogP contribution < -0.4 is 10.1 Å². The summed E-state index contributed by atoms with van der Waals surface area (Å²) in [6, 6.07) is 6.10. The number of para-hydroxylation sites is 1. The summed E-state index contributed by atoms with van der Waals surface area (Å²) in [4.78, 5) is 22.1. The summed E-state index contributed by atoms with van der Waals surface area (Å²) in [6.45, 7) is 0.332. The molecule has 0 aromatic heterocycles. The van der Waals surface area contributed by atoms with Gasteiger partial charge in [0.05, 0.1) is 23.7 Å². The molecule has 1 N–H and O–H groups in total. The van der Waals surface area contributed by atoms with Gasteiger partial charge in [0.15, 0.2) is 0 Å². The van der Waals surface area contributed by atoms with Crippen LogP contribution in [0.4, 0.5) is 5.69 Å². The minimum absolute atomic E-state index is 0.0646. The molecule has 0 radical (unpaired) electrons. The molecule has 0 bridgehead atoms. The molecule has 1 rings (SSSR count). The Morgan fingerprint density at radius 1 is 1.58 bits per heavy atom. The number of nitriles is 1. The van der Waals surface area contributed by atoms with Gasteiger partial charge in [0.25, 0.3) is 5.91 Å². The van der Waals surface area contributed by atoms with E-state index < -0.39 is 10.8 Å². The lowest BCUT2D eigenvalue weighted by Gasteiger charge is -2.08. The Morgan fingerprint density at radius 3 is 2.89 bits per heavy atom. The number of unbranched alkanes of at least 4 members (excludes halogenated alkanes) is 1. The molecule has 0 unspecified atom stereocenters. The zero-order valence-corrected chi connectivity index (χ0v) is 10.4. The van der Waals surface area contributed by atoms with Gasteiger partial charge < -0.3 is 10.1 Å². The quantitative estimate of drug-likeness (QED) is 0.477. The van der Waals surface area contributed by atoms with E-state index in [1.165, 1.54) is 25.3 Å². The van der Waals surface area contributed by atoms with Crippen LogP contribution in [0.3, 0.4) is 0 Å². The Labute approximate surface area is 109 Å². The van der Waals surface area contributed by atoms with Gasteiger partial charge in [-0.2, -0.15) is 5.26 Å². The molecule has 0 saturated carbocycles. The van der Waals surface area contributed by atoms with Gasteiger partial charge in [0, 0.05) is 19.0 Å². The number of amides is 1. The van der Waals surface area contributed by atoms with Crippen molar-refractivity contribution in [3.05, 3.63) is 33.9 Å². The first-order valence-corrected chi connectivity index (χ1v) is 5.58. The first-order chi connectivity index (χ1) is 9.11. The normalized spacial score (nSPS) is 9.47. The van der Waals surface area contributed by atoms with Gasteiger partial charge in [-0.1, -0.05) is 6.07 Å². The molecule has 0 spiro atoms. The highest BCUT2D eigenvalue weighted by molar-refractivity contribution is 5.98. The first kappa shape index (κ1) is 14.4. The lowest BCUT2D eigenvalue weighted by atomic mass is 10.1. The third-order valence-electron chi connectivity index (χ3n) is 2.39.